The quantitative estimate of drug-likeness (QED) is 0.742. The van der Waals surface area contributed by atoms with Gasteiger partial charge in [-0.3, -0.25) is 4.79 Å². The summed E-state index contributed by atoms with van der Waals surface area (Å²) >= 11 is 6.02. The standard InChI is InChI=1S/C22H25ClN2O3S/c1-17(20-8-5-9-21(23)16-20)24-22(26)19-10-13-25(14-11-19)29(27,28)15-12-18-6-3-2-4-7-18/h2-9,12,15-17,19H,10-11,13-14H2,1H3,(H,24,26)/b15-12+/t17-/m1/s1. The maximum Gasteiger partial charge on any atom is 0.236 e. The molecule has 2 aromatic carbocycles. The van der Waals surface area contributed by atoms with E-state index in [1.54, 1.807) is 12.1 Å². The van der Waals surface area contributed by atoms with Crippen LogP contribution in [0.5, 0.6) is 0 Å². The van der Waals surface area contributed by atoms with Crippen LogP contribution in [0.25, 0.3) is 6.08 Å². The molecule has 1 amide bonds. The largest absolute Gasteiger partial charge is 0.349 e. The Hall–Kier alpha value is -2.15. The van der Waals surface area contributed by atoms with Crippen molar-refractivity contribution in [2.45, 2.75) is 25.8 Å². The summed E-state index contributed by atoms with van der Waals surface area (Å²) in [5.74, 6) is -0.240. The van der Waals surface area contributed by atoms with E-state index in [0.717, 1.165) is 11.1 Å². The first-order valence-electron chi connectivity index (χ1n) is 9.64. The van der Waals surface area contributed by atoms with Crippen LogP contribution in [-0.2, 0) is 14.8 Å². The molecule has 1 aliphatic heterocycles. The Morgan fingerprint density at radius 1 is 1.14 bits per heavy atom. The van der Waals surface area contributed by atoms with Crippen molar-refractivity contribution in [3.8, 4) is 0 Å². The fourth-order valence-corrected chi connectivity index (χ4v) is 4.80. The third-order valence-electron chi connectivity index (χ3n) is 5.12. The molecule has 0 bridgehead atoms. The summed E-state index contributed by atoms with van der Waals surface area (Å²) in [6.07, 6.45) is 2.61. The zero-order valence-electron chi connectivity index (χ0n) is 16.3. The summed E-state index contributed by atoms with van der Waals surface area (Å²) < 4.78 is 26.6. The van der Waals surface area contributed by atoms with Crippen molar-refractivity contribution in [3.05, 3.63) is 76.2 Å². The lowest BCUT2D eigenvalue weighted by atomic mass is 9.96. The Morgan fingerprint density at radius 2 is 1.83 bits per heavy atom. The van der Waals surface area contributed by atoms with E-state index in [4.69, 9.17) is 11.6 Å². The molecule has 154 valence electrons. The molecule has 29 heavy (non-hydrogen) atoms. The van der Waals surface area contributed by atoms with Crippen molar-refractivity contribution in [1.29, 1.82) is 0 Å². The van der Waals surface area contributed by atoms with E-state index >= 15 is 0 Å². The number of nitrogens with one attached hydrogen (secondary N) is 1. The molecule has 0 radical (unpaired) electrons. The molecule has 1 atom stereocenters. The molecule has 0 unspecified atom stereocenters. The lowest BCUT2D eigenvalue weighted by Gasteiger charge is -2.30. The van der Waals surface area contributed by atoms with Gasteiger partial charge in [-0.1, -0.05) is 54.1 Å². The average Bonchev–Trinajstić information content (AvgIpc) is 2.73. The fraction of sp³-hybridized carbons (Fsp3) is 0.318. The van der Waals surface area contributed by atoms with Crippen LogP contribution in [0, 0.1) is 5.92 Å². The van der Waals surface area contributed by atoms with Gasteiger partial charge in [0.25, 0.3) is 0 Å². The normalized spacial score (nSPS) is 17.3. The molecule has 1 saturated heterocycles. The van der Waals surface area contributed by atoms with Crippen LogP contribution in [0.2, 0.25) is 5.02 Å². The topological polar surface area (TPSA) is 66.5 Å². The van der Waals surface area contributed by atoms with E-state index in [1.165, 1.54) is 9.71 Å². The highest BCUT2D eigenvalue weighted by atomic mass is 35.5. The predicted octanol–water partition coefficient (Wildman–Crippen LogP) is 4.23. The number of halogens is 1. The number of carbonyl (C=O) groups is 1. The number of benzene rings is 2. The number of amides is 1. The minimum absolute atomic E-state index is 0.0469. The SMILES string of the molecule is C[C@@H](NC(=O)C1CCN(S(=O)(=O)/C=C/c2ccccc2)CC1)c1cccc(Cl)c1. The van der Waals surface area contributed by atoms with Crippen LogP contribution >= 0.6 is 11.6 Å². The zero-order chi connectivity index (χ0) is 20.9. The number of hydrogen-bond acceptors (Lipinski definition) is 3. The summed E-state index contributed by atoms with van der Waals surface area (Å²) in [6.45, 7) is 2.59. The van der Waals surface area contributed by atoms with E-state index in [9.17, 15) is 13.2 Å². The molecule has 1 aliphatic rings. The Balaban J connectivity index is 1.54. The van der Waals surface area contributed by atoms with Crippen molar-refractivity contribution in [2.24, 2.45) is 5.92 Å². The van der Waals surface area contributed by atoms with Gasteiger partial charge < -0.3 is 5.32 Å². The van der Waals surface area contributed by atoms with E-state index in [1.807, 2.05) is 55.5 Å². The number of hydrogen-bond donors (Lipinski definition) is 1. The number of rotatable bonds is 6. The number of piperidine rings is 1. The van der Waals surface area contributed by atoms with Crippen LogP contribution in [0.4, 0.5) is 0 Å². The summed E-state index contributed by atoms with van der Waals surface area (Å²) in [6, 6.07) is 16.6. The van der Waals surface area contributed by atoms with Crippen LogP contribution in [0.3, 0.4) is 0 Å². The third kappa shape index (κ3) is 5.92. The first-order chi connectivity index (χ1) is 13.8. The maximum absolute atomic E-state index is 12.6. The van der Waals surface area contributed by atoms with E-state index < -0.39 is 10.0 Å². The Morgan fingerprint density at radius 3 is 2.48 bits per heavy atom. The summed E-state index contributed by atoms with van der Waals surface area (Å²) in [7, 11) is -3.50. The minimum Gasteiger partial charge on any atom is -0.349 e. The maximum atomic E-state index is 12.6. The summed E-state index contributed by atoms with van der Waals surface area (Å²) in [4.78, 5) is 12.6. The van der Waals surface area contributed by atoms with E-state index in [2.05, 4.69) is 5.32 Å². The highest BCUT2D eigenvalue weighted by Gasteiger charge is 2.30. The van der Waals surface area contributed by atoms with Gasteiger partial charge in [0.05, 0.1) is 6.04 Å². The Bertz CT molecular complexity index is 969. The molecular formula is C22H25ClN2O3S. The van der Waals surface area contributed by atoms with Gasteiger partial charge in [0.1, 0.15) is 0 Å². The van der Waals surface area contributed by atoms with Gasteiger partial charge in [-0.15, -0.1) is 0 Å². The lowest BCUT2D eigenvalue weighted by molar-refractivity contribution is -0.126. The minimum atomic E-state index is -3.50. The second-order valence-corrected chi connectivity index (χ2v) is 9.47. The highest BCUT2D eigenvalue weighted by Crippen LogP contribution is 2.23. The smallest absolute Gasteiger partial charge is 0.236 e. The van der Waals surface area contributed by atoms with Gasteiger partial charge in [-0.05, 0) is 49.1 Å². The van der Waals surface area contributed by atoms with Crippen LogP contribution in [-0.4, -0.2) is 31.7 Å². The number of carbonyl (C=O) groups excluding carboxylic acids is 1. The van der Waals surface area contributed by atoms with Gasteiger partial charge in [-0.25, -0.2) is 8.42 Å². The van der Waals surface area contributed by atoms with E-state index in [-0.39, 0.29) is 17.9 Å². The van der Waals surface area contributed by atoms with Gasteiger partial charge in [0.2, 0.25) is 15.9 Å². The first-order valence-corrected chi connectivity index (χ1v) is 11.5. The van der Waals surface area contributed by atoms with E-state index in [0.29, 0.717) is 31.0 Å². The Labute approximate surface area is 177 Å². The van der Waals surface area contributed by atoms with Crippen molar-refractivity contribution in [1.82, 2.24) is 9.62 Å². The fourth-order valence-electron chi connectivity index (χ4n) is 3.38. The highest BCUT2D eigenvalue weighted by molar-refractivity contribution is 7.92. The van der Waals surface area contributed by atoms with Crippen molar-refractivity contribution < 1.29 is 13.2 Å². The summed E-state index contributed by atoms with van der Waals surface area (Å²) in [5.41, 5.74) is 1.78. The molecule has 2 aromatic rings. The van der Waals surface area contributed by atoms with Crippen molar-refractivity contribution in [3.63, 3.8) is 0 Å². The second-order valence-electron chi connectivity index (χ2n) is 7.22. The molecule has 0 aromatic heterocycles. The van der Waals surface area contributed by atoms with Crippen molar-refractivity contribution >= 4 is 33.6 Å². The second kappa shape index (κ2) is 9.57. The molecule has 5 nitrogen and oxygen atoms in total. The van der Waals surface area contributed by atoms with Gasteiger partial charge in [0, 0.05) is 29.4 Å². The molecule has 1 heterocycles. The van der Waals surface area contributed by atoms with Crippen LogP contribution in [0.15, 0.2) is 60.0 Å². The molecule has 0 saturated carbocycles. The molecule has 3 rings (SSSR count). The molecule has 1 fully saturated rings. The molecule has 0 aliphatic carbocycles. The number of nitrogens with zero attached hydrogens (tertiary/aromatic N) is 1. The third-order valence-corrected chi connectivity index (χ3v) is 6.92. The molecule has 1 N–H and O–H groups in total. The zero-order valence-corrected chi connectivity index (χ0v) is 17.9. The predicted molar refractivity (Wildman–Crippen MR) is 117 cm³/mol. The average molecular weight is 433 g/mol. The van der Waals surface area contributed by atoms with Crippen molar-refractivity contribution in [2.75, 3.05) is 13.1 Å². The van der Waals surface area contributed by atoms with Gasteiger partial charge in [-0.2, -0.15) is 4.31 Å². The van der Waals surface area contributed by atoms with Crippen LogP contribution in [0.1, 0.15) is 36.9 Å². The van der Waals surface area contributed by atoms with Crippen LogP contribution < -0.4 is 5.32 Å². The lowest BCUT2D eigenvalue weighted by Crippen LogP contribution is -2.42. The number of sulfonamides is 1. The molecular weight excluding hydrogens is 408 g/mol. The van der Waals surface area contributed by atoms with Gasteiger partial charge in [0.15, 0.2) is 0 Å². The first kappa shape index (κ1) is 21.6. The monoisotopic (exact) mass is 432 g/mol. The molecule has 7 heteroatoms. The van der Waals surface area contributed by atoms with Gasteiger partial charge >= 0.3 is 0 Å². The molecule has 0 spiro atoms. The summed E-state index contributed by atoms with van der Waals surface area (Å²) in [5, 5.41) is 4.88. The Kier molecular flexibility index (Phi) is 7.11.